The van der Waals surface area contributed by atoms with Gasteiger partial charge in [0.1, 0.15) is 5.41 Å². The van der Waals surface area contributed by atoms with E-state index in [0.29, 0.717) is 17.9 Å². The molecule has 0 aromatic heterocycles. The molecule has 96 valence electrons. The Labute approximate surface area is 101 Å². The maximum atomic E-state index is 12.2. The molecule has 17 heavy (non-hydrogen) atoms. The topological polar surface area (TPSA) is 87.7 Å². The van der Waals surface area contributed by atoms with Crippen LogP contribution in [-0.2, 0) is 4.79 Å². The predicted octanol–water partition coefficient (Wildman–Crippen LogP) is 1.06. The molecule has 0 aliphatic heterocycles. The molecule has 2 saturated carbocycles. The SMILES string of the molecule is CC(C)(C(=O)NC(C1CC1)C1CC1)C(N)=NO. The Hall–Kier alpha value is -1.26. The standard InChI is InChI=1S/C12H21N3O2/c1-12(2,10(13)15-17)11(16)14-9(7-3-4-7)8-5-6-8/h7-9,17H,3-6H2,1-2H3,(H2,13,15)(H,14,16). The van der Waals surface area contributed by atoms with Gasteiger partial charge in [-0.25, -0.2) is 0 Å². The minimum atomic E-state index is -0.948. The summed E-state index contributed by atoms with van der Waals surface area (Å²) >= 11 is 0. The van der Waals surface area contributed by atoms with Gasteiger partial charge in [-0.15, -0.1) is 0 Å². The summed E-state index contributed by atoms with van der Waals surface area (Å²) in [5.41, 5.74) is 4.60. The number of rotatable bonds is 5. The van der Waals surface area contributed by atoms with Crippen molar-refractivity contribution in [3.63, 3.8) is 0 Å². The molecule has 2 aliphatic carbocycles. The summed E-state index contributed by atoms with van der Waals surface area (Å²) in [6.45, 7) is 3.35. The summed E-state index contributed by atoms with van der Waals surface area (Å²) in [5.74, 6) is 1.11. The molecule has 0 heterocycles. The molecule has 0 bridgehead atoms. The summed E-state index contributed by atoms with van der Waals surface area (Å²) in [6, 6.07) is 0.299. The summed E-state index contributed by atoms with van der Waals surface area (Å²) in [7, 11) is 0. The van der Waals surface area contributed by atoms with Gasteiger partial charge in [0.2, 0.25) is 5.91 Å². The molecule has 5 nitrogen and oxygen atoms in total. The van der Waals surface area contributed by atoms with Crippen molar-refractivity contribution in [3.8, 4) is 0 Å². The van der Waals surface area contributed by atoms with Gasteiger partial charge in [-0.2, -0.15) is 0 Å². The Bertz CT molecular complexity index is 332. The summed E-state index contributed by atoms with van der Waals surface area (Å²) in [5, 5.41) is 14.7. The number of amides is 1. The molecule has 0 aromatic rings. The fourth-order valence-electron chi connectivity index (χ4n) is 2.10. The first-order chi connectivity index (χ1) is 7.96. The second-order valence-electron chi connectivity index (χ2n) is 5.78. The van der Waals surface area contributed by atoms with E-state index in [4.69, 9.17) is 10.9 Å². The van der Waals surface area contributed by atoms with Gasteiger partial charge in [0.05, 0.1) is 0 Å². The van der Waals surface area contributed by atoms with Gasteiger partial charge >= 0.3 is 0 Å². The van der Waals surface area contributed by atoms with E-state index in [-0.39, 0.29) is 11.7 Å². The fraction of sp³-hybridized carbons (Fsp3) is 0.833. The van der Waals surface area contributed by atoms with Gasteiger partial charge in [-0.05, 0) is 51.4 Å². The van der Waals surface area contributed by atoms with E-state index in [2.05, 4.69) is 10.5 Å². The molecule has 0 spiro atoms. The number of oxime groups is 1. The van der Waals surface area contributed by atoms with Crippen LogP contribution in [0.4, 0.5) is 0 Å². The lowest BCUT2D eigenvalue weighted by molar-refractivity contribution is -0.127. The smallest absolute Gasteiger partial charge is 0.233 e. The summed E-state index contributed by atoms with van der Waals surface area (Å²) in [6.07, 6.45) is 4.85. The first-order valence-corrected chi connectivity index (χ1v) is 6.25. The lowest BCUT2D eigenvalue weighted by atomic mass is 9.90. The quantitative estimate of drug-likeness (QED) is 0.290. The van der Waals surface area contributed by atoms with Gasteiger partial charge in [-0.1, -0.05) is 5.16 Å². The Balaban J connectivity index is 1.99. The second kappa shape index (κ2) is 4.20. The van der Waals surface area contributed by atoms with Crippen LogP contribution in [0.5, 0.6) is 0 Å². The molecule has 0 unspecified atom stereocenters. The Morgan fingerprint density at radius 1 is 1.35 bits per heavy atom. The highest BCUT2D eigenvalue weighted by Crippen LogP contribution is 2.44. The average molecular weight is 239 g/mol. The molecule has 2 fully saturated rings. The summed E-state index contributed by atoms with van der Waals surface area (Å²) in [4.78, 5) is 12.2. The average Bonchev–Trinajstić information content (AvgIpc) is 3.16. The molecule has 0 radical (unpaired) electrons. The lowest BCUT2D eigenvalue weighted by Gasteiger charge is -2.26. The van der Waals surface area contributed by atoms with Crippen LogP contribution in [0.3, 0.4) is 0 Å². The fourth-order valence-corrected chi connectivity index (χ4v) is 2.10. The first-order valence-electron chi connectivity index (χ1n) is 6.25. The number of carbonyl (C=O) groups excluding carboxylic acids is 1. The highest BCUT2D eigenvalue weighted by Gasteiger charge is 2.44. The zero-order valence-corrected chi connectivity index (χ0v) is 10.4. The van der Waals surface area contributed by atoms with Crippen molar-refractivity contribution in [3.05, 3.63) is 0 Å². The van der Waals surface area contributed by atoms with Gasteiger partial charge in [0, 0.05) is 6.04 Å². The van der Waals surface area contributed by atoms with Crippen LogP contribution in [0.1, 0.15) is 39.5 Å². The second-order valence-corrected chi connectivity index (χ2v) is 5.78. The van der Waals surface area contributed by atoms with Crippen molar-refractivity contribution < 1.29 is 10.0 Å². The third-order valence-electron chi connectivity index (χ3n) is 3.87. The van der Waals surface area contributed by atoms with Gasteiger partial charge in [0.25, 0.3) is 0 Å². The highest BCUT2D eigenvalue weighted by atomic mass is 16.4. The van der Waals surface area contributed by atoms with Crippen molar-refractivity contribution in [2.45, 2.75) is 45.6 Å². The molecule has 2 rings (SSSR count). The maximum absolute atomic E-state index is 12.2. The van der Waals surface area contributed by atoms with E-state index in [1.54, 1.807) is 13.8 Å². The zero-order chi connectivity index (χ0) is 12.6. The van der Waals surface area contributed by atoms with Crippen molar-refractivity contribution in [2.24, 2.45) is 28.1 Å². The molecule has 0 aromatic carbocycles. The van der Waals surface area contributed by atoms with E-state index < -0.39 is 5.41 Å². The van der Waals surface area contributed by atoms with Crippen molar-refractivity contribution in [2.75, 3.05) is 0 Å². The van der Waals surface area contributed by atoms with Crippen LogP contribution in [0.2, 0.25) is 0 Å². The Kier molecular flexibility index (Phi) is 3.02. The van der Waals surface area contributed by atoms with Gasteiger partial charge < -0.3 is 16.3 Å². The van der Waals surface area contributed by atoms with Gasteiger partial charge in [0.15, 0.2) is 5.84 Å². The van der Waals surface area contributed by atoms with Crippen molar-refractivity contribution in [1.29, 1.82) is 0 Å². The number of nitrogens with two attached hydrogens (primary N) is 1. The largest absolute Gasteiger partial charge is 0.409 e. The highest BCUT2D eigenvalue weighted by molar-refractivity contribution is 6.06. The monoisotopic (exact) mass is 239 g/mol. The molecule has 0 atom stereocenters. The van der Waals surface area contributed by atoms with Crippen molar-refractivity contribution in [1.82, 2.24) is 5.32 Å². The molecule has 2 aliphatic rings. The number of amidine groups is 1. The molecule has 0 saturated heterocycles. The minimum Gasteiger partial charge on any atom is -0.409 e. The number of carbonyl (C=O) groups is 1. The van der Waals surface area contributed by atoms with E-state index in [1.165, 1.54) is 25.7 Å². The maximum Gasteiger partial charge on any atom is 0.233 e. The van der Waals surface area contributed by atoms with Crippen LogP contribution in [0, 0.1) is 17.3 Å². The number of nitrogens with zero attached hydrogens (tertiary/aromatic N) is 1. The molecule has 4 N–H and O–H groups in total. The van der Waals surface area contributed by atoms with Crippen LogP contribution in [-0.4, -0.2) is 23.0 Å². The first kappa shape index (κ1) is 12.2. The van der Waals surface area contributed by atoms with E-state index in [1.807, 2.05) is 0 Å². The summed E-state index contributed by atoms with van der Waals surface area (Å²) < 4.78 is 0. The third-order valence-corrected chi connectivity index (χ3v) is 3.87. The van der Waals surface area contributed by atoms with Crippen LogP contribution in [0.15, 0.2) is 5.16 Å². The van der Waals surface area contributed by atoms with E-state index in [0.717, 1.165) is 0 Å². The normalized spacial score (nSPS) is 21.7. The third kappa shape index (κ3) is 2.53. The molecular formula is C12H21N3O2. The molecule has 5 heteroatoms. The molecular weight excluding hydrogens is 218 g/mol. The van der Waals surface area contributed by atoms with Crippen molar-refractivity contribution >= 4 is 11.7 Å². The van der Waals surface area contributed by atoms with Crippen LogP contribution >= 0.6 is 0 Å². The number of hydrogen-bond donors (Lipinski definition) is 3. The lowest BCUT2D eigenvalue weighted by Crippen LogP contribution is -2.50. The van der Waals surface area contributed by atoms with Gasteiger partial charge in [-0.3, -0.25) is 4.79 Å². The van der Waals surface area contributed by atoms with Crippen LogP contribution in [0.25, 0.3) is 0 Å². The Morgan fingerprint density at radius 3 is 2.18 bits per heavy atom. The predicted molar refractivity (Wildman–Crippen MR) is 64.6 cm³/mol. The number of hydrogen-bond acceptors (Lipinski definition) is 3. The Morgan fingerprint density at radius 2 is 1.82 bits per heavy atom. The van der Waals surface area contributed by atoms with E-state index in [9.17, 15) is 4.79 Å². The van der Waals surface area contributed by atoms with E-state index >= 15 is 0 Å². The minimum absolute atomic E-state index is 0.0413. The van der Waals surface area contributed by atoms with Crippen LogP contribution < -0.4 is 11.1 Å². The number of nitrogens with one attached hydrogen (secondary N) is 1. The zero-order valence-electron chi connectivity index (χ0n) is 10.4. The molecule has 1 amide bonds.